The number of benzene rings is 2. The summed E-state index contributed by atoms with van der Waals surface area (Å²) in [6.45, 7) is 8.26. The van der Waals surface area contributed by atoms with Crippen LogP contribution in [-0.4, -0.2) is 27.1 Å². The molecule has 0 saturated heterocycles. The van der Waals surface area contributed by atoms with Crippen LogP contribution in [0.3, 0.4) is 0 Å². The van der Waals surface area contributed by atoms with Gasteiger partial charge in [0.05, 0.1) is 12.0 Å². The van der Waals surface area contributed by atoms with Crippen LogP contribution in [0.4, 0.5) is 0 Å². The molecule has 0 amide bonds. The fourth-order valence-corrected chi connectivity index (χ4v) is 4.91. The van der Waals surface area contributed by atoms with Crippen LogP contribution in [0.25, 0.3) is 10.9 Å². The summed E-state index contributed by atoms with van der Waals surface area (Å²) in [7, 11) is -2.04. The molecule has 0 spiro atoms. The predicted octanol–water partition coefficient (Wildman–Crippen LogP) is 4.05. The number of hydrogen-bond acceptors (Lipinski definition) is 3. The third kappa shape index (κ3) is 3.73. The monoisotopic (exact) mass is 386 g/mol. The van der Waals surface area contributed by atoms with Gasteiger partial charge in [-0.1, -0.05) is 32.0 Å². The minimum absolute atomic E-state index is 0.243. The summed E-state index contributed by atoms with van der Waals surface area (Å²) in [5.41, 5.74) is 3.66. The van der Waals surface area contributed by atoms with Gasteiger partial charge in [0.25, 0.3) is 0 Å². The first-order valence-electron chi connectivity index (χ1n) is 8.88. The summed E-state index contributed by atoms with van der Waals surface area (Å²) in [6, 6.07) is 13.0. The molecule has 0 aliphatic carbocycles. The van der Waals surface area contributed by atoms with Gasteiger partial charge < -0.3 is 9.72 Å². The minimum Gasteiger partial charge on any atom is -0.496 e. The Labute approximate surface area is 160 Å². The lowest BCUT2D eigenvalue weighted by molar-refractivity contribution is 0.411. The zero-order valence-corrected chi connectivity index (χ0v) is 17.2. The van der Waals surface area contributed by atoms with Gasteiger partial charge in [-0.3, -0.25) is 0 Å². The van der Waals surface area contributed by atoms with Gasteiger partial charge in [-0.05, 0) is 49.2 Å². The second-order valence-corrected chi connectivity index (χ2v) is 9.28. The SMILES string of the molecule is COc1ccc(S(=O)(=O)NCC(C)(C)c2c(C)[nH]c3ccccc23)cc1C. The number of aromatic nitrogens is 1. The highest BCUT2D eigenvalue weighted by molar-refractivity contribution is 7.89. The summed E-state index contributed by atoms with van der Waals surface area (Å²) < 4.78 is 33.6. The number of H-pyrrole nitrogens is 1. The molecular weight excluding hydrogens is 360 g/mol. The molecule has 0 aliphatic heterocycles. The average molecular weight is 387 g/mol. The maximum atomic E-state index is 12.8. The molecule has 2 N–H and O–H groups in total. The largest absolute Gasteiger partial charge is 0.496 e. The van der Waals surface area contributed by atoms with Gasteiger partial charge in [-0.2, -0.15) is 0 Å². The molecule has 0 unspecified atom stereocenters. The first kappa shape index (κ1) is 19.5. The Morgan fingerprint density at radius 3 is 2.48 bits per heavy atom. The number of fused-ring (bicyclic) bond motifs is 1. The molecule has 0 fully saturated rings. The molecule has 0 atom stereocenters. The van der Waals surface area contributed by atoms with E-state index in [1.165, 1.54) is 0 Å². The molecular formula is C21H26N2O3S. The normalized spacial score (nSPS) is 12.5. The van der Waals surface area contributed by atoms with Crippen molar-refractivity contribution in [3.63, 3.8) is 0 Å². The lowest BCUT2D eigenvalue weighted by atomic mass is 9.83. The first-order chi connectivity index (χ1) is 12.7. The summed E-state index contributed by atoms with van der Waals surface area (Å²) >= 11 is 0. The highest BCUT2D eigenvalue weighted by Gasteiger charge is 2.28. The van der Waals surface area contributed by atoms with E-state index in [9.17, 15) is 8.42 Å². The summed E-state index contributed by atoms with van der Waals surface area (Å²) in [5.74, 6) is 0.670. The van der Waals surface area contributed by atoms with Crippen molar-refractivity contribution in [3.8, 4) is 5.75 Å². The number of rotatable bonds is 6. The fraction of sp³-hybridized carbons (Fsp3) is 0.333. The van der Waals surface area contributed by atoms with E-state index in [0.29, 0.717) is 12.3 Å². The Hall–Kier alpha value is -2.31. The van der Waals surface area contributed by atoms with E-state index in [0.717, 1.165) is 27.7 Å². The van der Waals surface area contributed by atoms with Crippen molar-refractivity contribution in [1.82, 2.24) is 9.71 Å². The number of aryl methyl sites for hydroxylation is 2. The van der Waals surface area contributed by atoms with Gasteiger partial charge in [0.1, 0.15) is 5.75 Å². The highest BCUT2D eigenvalue weighted by atomic mass is 32.2. The molecule has 5 nitrogen and oxygen atoms in total. The molecule has 0 bridgehead atoms. The van der Waals surface area contributed by atoms with Crippen LogP contribution < -0.4 is 9.46 Å². The van der Waals surface area contributed by atoms with E-state index in [2.05, 4.69) is 29.6 Å². The van der Waals surface area contributed by atoms with Gasteiger partial charge in [0.15, 0.2) is 0 Å². The van der Waals surface area contributed by atoms with Gasteiger partial charge >= 0.3 is 0 Å². The molecule has 0 aliphatic rings. The Morgan fingerprint density at radius 2 is 1.81 bits per heavy atom. The highest BCUT2D eigenvalue weighted by Crippen LogP contribution is 2.33. The van der Waals surface area contributed by atoms with E-state index in [1.54, 1.807) is 25.3 Å². The van der Waals surface area contributed by atoms with E-state index in [-0.39, 0.29) is 10.3 Å². The Bertz CT molecular complexity index is 1080. The molecule has 6 heteroatoms. The van der Waals surface area contributed by atoms with Crippen LogP contribution in [-0.2, 0) is 15.4 Å². The van der Waals surface area contributed by atoms with Crippen molar-refractivity contribution in [1.29, 1.82) is 0 Å². The summed E-state index contributed by atoms with van der Waals surface area (Å²) in [5, 5.41) is 1.12. The molecule has 0 saturated carbocycles. The van der Waals surface area contributed by atoms with Gasteiger partial charge in [-0.15, -0.1) is 0 Å². The molecule has 0 radical (unpaired) electrons. The van der Waals surface area contributed by atoms with Crippen molar-refractivity contribution in [2.24, 2.45) is 0 Å². The van der Waals surface area contributed by atoms with Crippen LogP contribution >= 0.6 is 0 Å². The quantitative estimate of drug-likeness (QED) is 0.671. The number of ether oxygens (including phenoxy) is 1. The van der Waals surface area contributed by atoms with Gasteiger partial charge in [0.2, 0.25) is 10.0 Å². The number of methoxy groups -OCH3 is 1. The van der Waals surface area contributed by atoms with E-state index in [1.807, 2.05) is 32.0 Å². The second kappa shape index (κ2) is 7.02. The Morgan fingerprint density at radius 1 is 1.11 bits per heavy atom. The Balaban J connectivity index is 1.88. The van der Waals surface area contributed by atoms with Crippen LogP contribution in [0, 0.1) is 13.8 Å². The molecule has 3 rings (SSSR count). The standard InChI is InChI=1S/C21H26N2O3S/c1-14-12-16(10-11-19(14)26-5)27(24,25)22-13-21(3,4)20-15(2)23-18-9-7-6-8-17(18)20/h6-12,22-23H,13H2,1-5H3. The zero-order valence-electron chi connectivity index (χ0n) is 16.4. The maximum Gasteiger partial charge on any atom is 0.240 e. The van der Waals surface area contributed by atoms with Crippen LogP contribution in [0.1, 0.15) is 30.7 Å². The topological polar surface area (TPSA) is 71.2 Å². The van der Waals surface area contributed by atoms with Crippen molar-refractivity contribution >= 4 is 20.9 Å². The van der Waals surface area contributed by atoms with Crippen molar-refractivity contribution in [3.05, 3.63) is 59.3 Å². The van der Waals surface area contributed by atoms with E-state index in [4.69, 9.17) is 4.74 Å². The van der Waals surface area contributed by atoms with Crippen molar-refractivity contribution in [2.45, 2.75) is 38.0 Å². The van der Waals surface area contributed by atoms with Crippen LogP contribution in [0.2, 0.25) is 0 Å². The molecule has 2 aromatic carbocycles. The molecule has 1 heterocycles. The molecule has 1 aromatic heterocycles. The number of nitrogens with one attached hydrogen (secondary N) is 2. The minimum atomic E-state index is -3.61. The van der Waals surface area contributed by atoms with Crippen molar-refractivity contribution < 1.29 is 13.2 Å². The summed E-state index contributed by atoms with van der Waals surface area (Å²) in [6.07, 6.45) is 0. The average Bonchev–Trinajstić information content (AvgIpc) is 2.96. The number of para-hydroxylation sites is 1. The third-order valence-corrected chi connectivity index (χ3v) is 6.35. The number of aromatic amines is 1. The Kier molecular flexibility index (Phi) is 5.06. The summed E-state index contributed by atoms with van der Waals surface area (Å²) in [4.78, 5) is 3.63. The van der Waals surface area contributed by atoms with Crippen LogP contribution in [0.15, 0.2) is 47.4 Å². The molecule has 144 valence electrons. The fourth-order valence-electron chi connectivity index (χ4n) is 3.61. The third-order valence-electron chi connectivity index (χ3n) is 4.95. The van der Waals surface area contributed by atoms with Gasteiger partial charge in [0, 0.05) is 28.6 Å². The predicted molar refractivity (Wildman–Crippen MR) is 109 cm³/mol. The molecule has 3 aromatic rings. The lowest BCUT2D eigenvalue weighted by Crippen LogP contribution is -2.37. The molecule has 27 heavy (non-hydrogen) atoms. The number of sulfonamides is 1. The van der Waals surface area contributed by atoms with E-state index >= 15 is 0 Å². The lowest BCUT2D eigenvalue weighted by Gasteiger charge is -2.26. The number of hydrogen-bond donors (Lipinski definition) is 2. The van der Waals surface area contributed by atoms with Crippen molar-refractivity contribution in [2.75, 3.05) is 13.7 Å². The second-order valence-electron chi connectivity index (χ2n) is 7.51. The zero-order chi connectivity index (χ0) is 19.8. The van der Waals surface area contributed by atoms with Gasteiger partial charge in [-0.25, -0.2) is 13.1 Å². The van der Waals surface area contributed by atoms with E-state index < -0.39 is 10.0 Å². The van der Waals surface area contributed by atoms with Crippen LogP contribution in [0.5, 0.6) is 5.75 Å². The smallest absolute Gasteiger partial charge is 0.240 e. The first-order valence-corrected chi connectivity index (χ1v) is 10.4. The maximum absolute atomic E-state index is 12.8.